The molecule has 3 amide bonds. The van der Waals surface area contributed by atoms with Crippen molar-refractivity contribution >= 4 is 55.0 Å². The molecule has 9 nitrogen and oxygen atoms in total. The summed E-state index contributed by atoms with van der Waals surface area (Å²) in [5, 5.41) is 1.36. The van der Waals surface area contributed by atoms with Gasteiger partial charge in [0.25, 0.3) is 10.0 Å². The fraction of sp³-hybridized carbons (Fsp3) is 0.444. The van der Waals surface area contributed by atoms with Crippen molar-refractivity contribution in [2.45, 2.75) is 4.21 Å². The second-order valence-electron chi connectivity index (χ2n) is 7.33. The van der Waals surface area contributed by atoms with Gasteiger partial charge >= 0.3 is 6.03 Å². The van der Waals surface area contributed by atoms with Crippen molar-refractivity contribution in [3.05, 3.63) is 29.3 Å². The van der Waals surface area contributed by atoms with E-state index in [0.29, 0.717) is 44.4 Å². The molecule has 2 fully saturated rings. The Morgan fingerprint density at radius 1 is 1.10 bits per heavy atom. The number of primary amides is 1. The van der Waals surface area contributed by atoms with E-state index >= 15 is 0 Å². The number of thiophene rings is 1. The van der Waals surface area contributed by atoms with Crippen LogP contribution in [0.4, 0.5) is 4.79 Å². The van der Waals surface area contributed by atoms with E-state index in [2.05, 4.69) is 4.90 Å². The number of fused-ring (bicyclic) bond motifs is 1. The first kappa shape index (κ1) is 21.3. The van der Waals surface area contributed by atoms with Crippen LogP contribution in [-0.2, 0) is 14.8 Å². The number of nitrogens with zero attached hydrogens (tertiary/aromatic N) is 4. The highest BCUT2D eigenvalue weighted by atomic mass is 35.5. The average molecular weight is 472 g/mol. The molecule has 0 aliphatic carbocycles. The number of urea groups is 1. The van der Waals surface area contributed by atoms with E-state index in [4.69, 9.17) is 17.3 Å². The molecule has 12 heteroatoms. The van der Waals surface area contributed by atoms with Crippen molar-refractivity contribution in [3.63, 3.8) is 0 Å². The minimum absolute atomic E-state index is 0.182. The number of amides is 3. The van der Waals surface area contributed by atoms with Crippen molar-refractivity contribution in [3.8, 4) is 0 Å². The number of sulfonamides is 1. The van der Waals surface area contributed by atoms with Gasteiger partial charge in [-0.05, 0) is 23.6 Å². The van der Waals surface area contributed by atoms with Crippen LogP contribution in [0, 0.1) is 0 Å². The molecule has 3 heterocycles. The molecule has 4 rings (SSSR count). The number of piperazine rings is 2. The zero-order valence-electron chi connectivity index (χ0n) is 16.2. The number of nitrogens with two attached hydrogens (primary N) is 1. The topological polar surface area (TPSA) is 107 Å². The van der Waals surface area contributed by atoms with Gasteiger partial charge < -0.3 is 15.5 Å². The van der Waals surface area contributed by atoms with Gasteiger partial charge in [-0.2, -0.15) is 4.31 Å². The van der Waals surface area contributed by atoms with Crippen molar-refractivity contribution < 1.29 is 18.0 Å². The molecule has 2 aliphatic heterocycles. The molecule has 2 aliphatic rings. The molecular formula is C18H22ClN5O4S2. The number of halogens is 1. The Bertz CT molecular complexity index is 1080. The number of carbonyl (C=O) groups excluding carboxylic acids is 2. The second kappa shape index (κ2) is 8.31. The van der Waals surface area contributed by atoms with Gasteiger partial charge in [-0.25, -0.2) is 13.2 Å². The zero-order chi connectivity index (χ0) is 21.5. The fourth-order valence-electron chi connectivity index (χ4n) is 3.63. The number of hydrogen-bond acceptors (Lipinski definition) is 6. The highest BCUT2D eigenvalue weighted by Gasteiger charge is 2.34. The zero-order valence-corrected chi connectivity index (χ0v) is 18.5. The van der Waals surface area contributed by atoms with Crippen LogP contribution in [0.15, 0.2) is 28.5 Å². The van der Waals surface area contributed by atoms with Crippen molar-refractivity contribution in [1.82, 2.24) is 19.0 Å². The highest BCUT2D eigenvalue weighted by Crippen LogP contribution is 2.33. The lowest BCUT2D eigenvalue weighted by Crippen LogP contribution is -2.57. The molecule has 162 valence electrons. The van der Waals surface area contributed by atoms with Crippen LogP contribution >= 0.6 is 22.9 Å². The molecule has 1 aromatic heterocycles. The van der Waals surface area contributed by atoms with Crippen LogP contribution in [-0.4, -0.2) is 91.8 Å². The first-order valence-electron chi connectivity index (χ1n) is 9.48. The maximum Gasteiger partial charge on any atom is 0.314 e. The Balaban J connectivity index is 1.39. The summed E-state index contributed by atoms with van der Waals surface area (Å²) in [6.45, 7) is 3.09. The van der Waals surface area contributed by atoms with Gasteiger partial charge in [0, 0.05) is 49.0 Å². The van der Waals surface area contributed by atoms with E-state index < -0.39 is 16.1 Å². The summed E-state index contributed by atoms with van der Waals surface area (Å²) in [6.07, 6.45) is 0. The largest absolute Gasteiger partial charge is 0.351 e. The van der Waals surface area contributed by atoms with Crippen LogP contribution in [0.5, 0.6) is 0 Å². The Morgan fingerprint density at radius 3 is 2.50 bits per heavy atom. The SMILES string of the molecule is NC(=O)N1CCN(CN2CCN(S(=O)(=O)c3cc4ccc(Cl)cc4s3)CC2=O)CC1. The van der Waals surface area contributed by atoms with Gasteiger partial charge in [0.15, 0.2) is 0 Å². The fourth-order valence-corrected chi connectivity index (χ4v) is 6.84. The maximum atomic E-state index is 13.1. The van der Waals surface area contributed by atoms with Crippen LogP contribution in [0.2, 0.25) is 5.02 Å². The second-order valence-corrected chi connectivity index (χ2v) is 11.0. The third-order valence-electron chi connectivity index (χ3n) is 5.39. The van der Waals surface area contributed by atoms with E-state index in [0.717, 1.165) is 21.4 Å². The summed E-state index contributed by atoms with van der Waals surface area (Å²) in [5.41, 5.74) is 5.29. The van der Waals surface area contributed by atoms with Crippen LogP contribution in [0.1, 0.15) is 0 Å². The molecule has 0 unspecified atom stereocenters. The molecule has 1 aromatic carbocycles. The lowest BCUT2D eigenvalue weighted by atomic mass is 10.3. The van der Waals surface area contributed by atoms with Gasteiger partial charge in [-0.1, -0.05) is 17.7 Å². The third kappa shape index (κ3) is 4.26. The molecule has 0 spiro atoms. The summed E-state index contributed by atoms with van der Waals surface area (Å²) in [4.78, 5) is 29.2. The lowest BCUT2D eigenvalue weighted by molar-refractivity contribution is -0.136. The van der Waals surface area contributed by atoms with E-state index in [1.165, 1.54) is 4.31 Å². The van der Waals surface area contributed by atoms with Crippen LogP contribution < -0.4 is 5.73 Å². The van der Waals surface area contributed by atoms with Crippen LogP contribution in [0.3, 0.4) is 0 Å². The Hall–Kier alpha value is -1.92. The number of benzene rings is 1. The van der Waals surface area contributed by atoms with E-state index in [1.54, 1.807) is 34.1 Å². The quantitative estimate of drug-likeness (QED) is 0.717. The van der Waals surface area contributed by atoms with Crippen molar-refractivity contribution in [2.24, 2.45) is 5.73 Å². The Labute approximate surface area is 183 Å². The monoisotopic (exact) mass is 471 g/mol. The summed E-state index contributed by atoms with van der Waals surface area (Å²) < 4.78 is 28.4. The molecule has 2 aromatic rings. The minimum atomic E-state index is -3.75. The first-order valence-corrected chi connectivity index (χ1v) is 12.1. The number of carbonyl (C=O) groups is 2. The Morgan fingerprint density at radius 2 is 1.83 bits per heavy atom. The summed E-state index contributed by atoms with van der Waals surface area (Å²) in [6, 6.07) is 6.43. The smallest absolute Gasteiger partial charge is 0.314 e. The maximum absolute atomic E-state index is 13.1. The van der Waals surface area contributed by atoms with Gasteiger partial charge in [-0.15, -0.1) is 11.3 Å². The summed E-state index contributed by atoms with van der Waals surface area (Å²) in [7, 11) is -3.75. The molecule has 30 heavy (non-hydrogen) atoms. The Kier molecular flexibility index (Phi) is 5.90. The van der Waals surface area contributed by atoms with Gasteiger partial charge in [0.1, 0.15) is 4.21 Å². The highest BCUT2D eigenvalue weighted by molar-refractivity contribution is 7.91. The first-order chi connectivity index (χ1) is 14.2. The molecule has 0 radical (unpaired) electrons. The number of hydrogen-bond donors (Lipinski definition) is 1. The average Bonchev–Trinajstić information content (AvgIpc) is 3.14. The lowest BCUT2D eigenvalue weighted by Gasteiger charge is -2.39. The molecular weight excluding hydrogens is 450 g/mol. The predicted molar refractivity (Wildman–Crippen MR) is 115 cm³/mol. The molecule has 2 saturated heterocycles. The molecule has 2 N–H and O–H groups in total. The van der Waals surface area contributed by atoms with Gasteiger partial charge in [0.05, 0.1) is 13.2 Å². The van der Waals surface area contributed by atoms with Gasteiger partial charge in [0.2, 0.25) is 5.91 Å². The van der Waals surface area contributed by atoms with E-state index in [1.807, 2.05) is 0 Å². The van der Waals surface area contributed by atoms with Crippen LogP contribution in [0.25, 0.3) is 10.1 Å². The molecule has 0 saturated carbocycles. The van der Waals surface area contributed by atoms with Crippen molar-refractivity contribution in [2.75, 3.05) is 52.5 Å². The van der Waals surface area contributed by atoms with Gasteiger partial charge in [-0.3, -0.25) is 9.69 Å². The third-order valence-corrected chi connectivity index (χ3v) is 9.02. The minimum Gasteiger partial charge on any atom is -0.351 e. The van der Waals surface area contributed by atoms with E-state index in [9.17, 15) is 18.0 Å². The predicted octanol–water partition coefficient (Wildman–Crippen LogP) is 1.04. The van der Waals surface area contributed by atoms with E-state index in [-0.39, 0.29) is 23.2 Å². The summed E-state index contributed by atoms with van der Waals surface area (Å²) in [5.74, 6) is -0.230. The normalized spacial score (nSPS) is 19.6. The molecule has 0 atom stereocenters. The number of rotatable bonds is 4. The standard InChI is InChI=1S/C18H22ClN5O4S2/c19-14-2-1-13-9-17(29-15(13)10-14)30(27,28)24-8-7-23(16(25)11-24)12-21-3-5-22(6-4-21)18(20)26/h1-2,9-10H,3-8,11-12H2,(H2,20,26). The van der Waals surface area contributed by atoms with Crippen molar-refractivity contribution in [1.29, 1.82) is 0 Å². The summed E-state index contributed by atoms with van der Waals surface area (Å²) >= 11 is 7.15. The molecule has 0 bridgehead atoms.